The van der Waals surface area contributed by atoms with E-state index < -0.39 is 23.5 Å². The fourth-order valence-electron chi connectivity index (χ4n) is 2.85. The summed E-state index contributed by atoms with van der Waals surface area (Å²) in [5.41, 5.74) is 0.754. The number of carbonyl (C=O) groups is 4. The van der Waals surface area contributed by atoms with Crippen LogP contribution in [0.15, 0.2) is 72.0 Å². The summed E-state index contributed by atoms with van der Waals surface area (Å²) in [5.74, 6) is -3.23. The molecule has 0 saturated heterocycles. The molecule has 0 aliphatic heterocycles. The highest BCUT2D eigenvalue weighted by Gasteiger charge is 2.23. The Labute approximate surface area is 159 Å². The van der Waals surface area contributed by atoms with Gasteiger partial charge < -0.3 is 15.5 Å². The van der Waals surface area contributed by atoms with Crippen LogP contribution in [-0.2, 0) is 16.0 Å². The molecule has 0 saturated carbocycles. The highest BCUT2D eigenvalue weighted by Crippen LogP contribution is 2.22. The first-order valence-corrected chi connectivity index (χ1v) is 8.28. The molecule has 28 heavy (non-hydrogen) atoms. The van der Waals surface area contributed by atoms with Gasteiger partial charge in [0, 0.05) is 18.1 Å². The van der Waals surface area contributed by atoms with Gasteiger partial charge in [-0.15, -0.1) is 0 Å². The minimum absolute atomic E-state index is 0.00252. The first-order valence-electron chi connectivity index (χ1n) is 8.28. The molecule has 140 valence electrons. The predicted molar refractivity (Wildman–Crippen MR) is 100 cm³/mol. The molecule has 0 amide bonds. The molecule has 2 aromatic rings. The second-order valence-corrected chi connectivity index (χ2v) is 6.07. The van der Waals surface area contributed by atoms with E-state index in [1.165, 1.54) is 18.2 Å². The lowest BCUT2D eigenvalue weighted by atomic mass is 9.93. The number of para-hydroxylation sites is 1. The summed E-state index contributed by atoms with van der Waals surface area (Å²) >= 11 is 0. The molecule has 0 atom stereocenters. The van der Waals surface area contributed by atoms with E-state index in [9.17, 15) is 29.4 Å². The van der Waals surface area contributed by atoms with Gasteiger partial charge in [-0.25, -0.2) is 9.59 Å². The summed E-state index contributed by atoms with van der Waals surface area (Å²) in [7, 11) is 0. The Kier molecular flexibility index (Phi) is 5.17. The lowest BCUT2D eigenvalue weighted by Crippen LogP contribution is -2.20. The second kappa shape index (κ2) is 7.71. The Morgan fingerprint density at radius 1 is 0.786 bits per heavy atom. The van der Waals surface area contributed by atoms with Gasteiger partial charge in [-0.1, -0.05) is 30.3 Å². The van der Waals surface area contributed by atoms with Gasteiger partial charge >= 0.3 is 11.9 Å². The standard InChI is InChI=1S/C21H15NO6/c23-18-11-17(22-16-8-4-3-7-15(16)21(27)28)19(24)10-13(18)9-12-5-1-2-6-14(12)20(25)26/h1-8,10-11,22H,9H2,(H,25,26)(H,27,28). The van der Waals surface area contributed by atoms with Crippen molar-refractivity contribution < 1.29 is 29.4 Å². The van der Waals surface area contributed by atoms with Gasteiger partial charge in [-0.3, -0.25) is 9.59 Å². The molecule has 0 aromatic heterocycles. The number of anilines is 1. The number of carboxylic acids is 2. The zero-order chi connectivity index (χ0) is 20.3. The van der Waals surface area contributed by atoms with Crippen LogP contribution in [0.4, 0.5) is 5.69 Å². The van der Waals surface area contributed by atoms with Crippen molar-refractivity contribution in [1.82, 2.24) is 0 Å². The first kappa shape index (κ1) is 18.8. The highest BCUT2D eigenvalue weighted by atomic mass is 16.4. The van der Waals surface area contributed by atoms with E-state index in [1.54, 1.807) is 30.3 Å². The van der Waals surface area contributed by atoms with E-state index >= 15 is 0 Å². The number of rotatable bonds is 6. The summed E-state index contributed by atoms with van der Waals surface area (Å²) < 4.78 is 0. The van der Waals surface area contributed by atoms with E-state index in [0.29, 0.717) is 5.56 Å². The maximum absolute atomic E-state index is 12.4. The minimum Gasteiger partial charge on any atom is -0.478 e. The molecule has 1 aliphatic rings. The van der Waals surface area contributed by atoms with E-state index in [-0.39, 0.29) is 34.5 Å². The summed E-state index contributed by atoms with van der Waals surface area (Å²) in [6.45, 7) is 0. The van der Waals surface area contributed by atoms with Crippen LogP contribution in [0.5, 0.6) is 0 Å². The molecule has 0 spiro atoms. The molecule has 0 heterocycles. The Bertz CT molecular complexity index is 979. The third-order valence-electron chi connectivity index (χ3n) is 4.22. The van der Waals surface area contributed by atoms with Gasteiger partial charge in [-0.2, -0.15) is 0 Å². The summed E-state index contributed by atoms with van der Waals surface area (Å²) in [6, 6.07) is 12.3. The lowest BCUT2D eigenvalue weighted by Gasteiger charge is -2.16. The Morgan fingerprint density at radius 2 is 1.39 bits per heavy atom. The van der Waals surface area contributed by atoms with Crippen LogP contribution in [0.2, 0.25) is 0 Å². The van der Waals surface area contributed by atoms with Crippen LogP contribution < -0.4 is 5.32 Å². The number of aromatic carboxylic acids is 2. The molecule has 0 radical (unpaired) electrons. The average Bonchev–Trinajstić information content (AvgIpc) is 2.66. The molecular formula is C21H15NO6. The fraction of sp³-hybridized carbons (Fsp3) is 0.0476. The number of ketones is 2. The normalized spacial score (nSPS) is 13.6. The van der Waals surface area contributed by atoms with Crippen molar-refractivity contribution in [3.63, 3.8) is 0 Å². The van der Waals surface area contributed by atoms with Gasteiger partial charge in [0.2, 0.25) is 5.78 Å². The SMILES string of the molecule is O=C1C=C(Nc2ccccc2C(=O)O)C(=O)C=C1Cc1ccccc1C(=O)O. The van der Waals surface area contributed by atoms with Crippen LogP contribution in [0.25, 0.3) is 0 Å². The van der Waals surface area contributed by atoms with E-state index in [2.05, 4.69) is 5.32 Å². The highest BCUT2D eigenvalue weighted by molar-refractivity contribution is 6.21. The smallest absolute Gasteiger partial charge is 0.337 e. The zero-order valence-electron chi connectivity index (χ0n) is 14.5. The van der Waals surface area contributed by atoms with E-state index in [0.717, 1.165) is 12.2 Å². The van der Waals surface area contributed by atoms with Crippen LogP contribution in [-0.4, -0.2) is 33.7 Å². The molecule has 0 fully saturated rings. The molecule has 7 heteroatoms. The molecule has 3 N–H and O–H groups in total. The maximum atomic E-state index is 12.4. The zero-order valence-corrected chi connectivity index (χ0v) is 14.5. The summed E-state index contributed by atoms with van der Waals surface area (Å²) in [5, 5.41) is 21.2. The number of hydrogen-bond acceptors (Lipinski definition) is 5. The third kappa shape index (κ3) is 3.88. The lowest BCUT2D eigenvalue weighted by molar-refractivity contribution is -0.115. The van der Waals surface area contributed by atoms with Gasteiger partial charge in [0.15, 0.2) is 5.78 Å². The monoisotopic (exact) mass is 377 g/mol. The molecule has 1 aliphatic carbocycles. The number of nitrogens with one attached hydrogen (secondary N) is 1. The number of hydrogen-bond donors (Lipinski definition) is 3. The number of allylic oxidation sites excluding steroid dienone is 3. The second-order valence-electron chi connectivity index (χ2n) is 6.07. The van der Waals surface area contributed by atoms with Crippen LogP contribution >= 0.6 is 0 Å². The van der Waals surface area contributed by atoms with E-state index in [4.69, 9.17) is 0 Å². The van der Waals surface area contributed by atoms with Gasteiger partial charge in [0.05, 0.1) is 22.5 Å². The van der Waals surface area contributed by atoms with Crippen molar-refractivity contribution in [1.29, 1.82) is 0 Å². The molecule has 7 nitrogen and oxygen atoms in total. The van der Waals surface area contributed by atoms with Gasteiger partial charge in [0.25, 0.3) is 0 Å². The largest absolute Gasteiger partial charge is 0.478 e. The van der Waals surface area contributed by atoms with Crippen molar-refractivity contribution in [3.8, 4) is 0 Å². The molecule has 0 unspecified atom stereocenters. The van der Waals surface area contributed by atoms with Crippen molar-refractivity contribution in [2.45, 2.75) is 6.42 Å². The van der Waals surface area contributed by atoms with Gasteiger partial charge in [-0.05, 0) is 29.8 Å². The van der Waals surface area contributed by atoms with Gasteiger partial charge in [0.1, 0.15) is 0 Å². The molecule has 2 aromatic carbocycles. The Balaban J connectivity index is 1.84. The van der Waals surface area contributed by atoms with Crippen LogP contribution in [0.3, 0.4) is 0 Å². The number of carbonyl (C=O) groups excluding carboxylic acids is 2. The third-order valence-corrected chi connectivity index (χ3v) is 4.22. The Morgan fingerprint density at radius 3 is 2.07 bits per heavy atom. The number of carboxylic acid groups (broad SMARTS) is 2. The summed E-state index contributed by atoms with van der Waals surface area (Å²) in [4.78, 5) is 47.5. The van der Waals surface area contributed by atoms with Crippen molar-refractivity contribution >= 4 is 29.2 Å². The quantitative estimate of drug-likeness (QED) is 0.662. The van der Waals surface area contributed by atoms with E-state index in [1.807, 2.05) is 0 Å². The Hall–Kier alpha value is -4.00. The maximum Gasteiger partial charge on any atom is 0.337 e. The first-order chi connectivity index (χ1) is 13.4. The van der Waals surface area contributed by atoms with Crippen LogP contribution in [0, 0.1) is 0 Å². The minimum atomic E-state index is -1.17. The topological polar surface area (TPSA) is 121 Å². The van der Waals surface area contributed by atoms with Crippen LogP contribution in [0.1, 0.15) is 26.3 Å². The van der Waals surface area contributed by atoms with Crippen molar-refractivity contribution in [2.24, 2.45) is 0 Å². The molecule has 0 bridgehead atoms. The van der Waals surface area contributed by atoms with Crippen molar-refractivity contribution in [3.05, 3.63) is 88.6 Å². The van der Waals surface area contributed by atoms with Crippen molar-refractivity contribution in [2.75, 3.05) is 5.32 Å². The number of benzene rings is 2. The molecular weight excluding hydrogens is 362 g/mol. The summed E-state index contributed by atoms with van der Waals surface area (Å²) in [6.07, 6.45) is 2.24. The fourth-order valence-corrected chi connectivity index (χ4v) is 2.85. The average molecular weight is 377 g/mol. The molecule has 3 rings (SSSR count). The predicted octanol–water partition coefficient (Wildman–Crippen LogP) is 2.70.